The molecule has 0 bridgehead atoms. The summed E-state index contributed by atoms with van der Waals surface area (Å²) >= 11 is 0. The number of rotatable bonds is 8. The number of likely N-dealkylation sites (N-methyl/N-ethyl adjacent to an activating group) is 1. The van der Waals surface area contributed by atoms with Crippen LogP contribution < -0.4 is 15.4 Å². The van der Waals surface area contributed by atoms with Gasteiger partial charge in [-0.2, -0.15) is 0 Å². The van der Waals surface area contributed by atoms with Crippen LogP contribution in [0.4, 0.5) is 20.6 Å². The second-order valence-electron chi connectivity index (χ2n) is 12.3. The smallest absolute Gasteiger partial charge is 0.323 e. The molecule has 10 heteroatoms. The lowest BCUT2D eigenvalue weighted by Gasteiger charge is -2.36. The molecule has 3 aromatic carbocycles. The first-order chi connectivity index (χ1) is 22.1. The molecule has 248 valence electrons. The highest BCUT2D eigenvalue weighted by Crippen LogP contribution is 2.29. The van der Waals surface area contributed by atoms with Gasteiger partial charge < -0.3 is 30.1 Å². The van der Waals surface area contributed by atoms with Crippen molar-refractivity contribution in [1.82, 2.24) is 9.80 Å². The van der Waals surface area contributed by atoms with E-state index in [-0.39, 0.29) is 36.2 Å². The Kier molecular flexibility index (Phi) is 12.9. The van der Waals surface area contributed by atoms with Gasteiger partial charge in [-0.15, -0.1) is 0 Å². The molecule has 3 N–H and O–H groups in total. The van der Waals surface area contributed by atoms with Gasteiger partial charge in [-0.3, -0.25) is 9.69 Å². The van der Waals surface area contributed by atoms with Gasteiger partial charge in [0, 0.05) is 43.5 Å². The first-order valence-electron chi connectivity index (χ1n) is 16.0. The number of nitrogens with one attached hydrogen (secondary N) is 2. The van der Waals surface area contributed by atoms with Crippen LogP contribution in [-0.2, 0) is 11.3 Å². The Morgan fingerprint density at radius 1 is 1.04 bits per heavy atom. The number of nitrogens with zero attached hydrogens (tertiary/aromatic N) is 2. The van der Waals surface area contributed by atoms with Gasteiger partial charge in [0.25, 0.3) is 5.91 Å². The van der Waals surface area contributed by atoms with Crippen LogP contribution >= 0.6 is 0 Å². The van der Waals surface area contributed by atoms with Crippen molar-refractivity contribution < 1.29 is 28.6 Å². The SMILES string of the molecule is C[C@H]1CCCCO[C@H](CN(C)Cc2ccccc2)[C@@H](C)CN([C@@H](C)CO)C(=O)c2cc(NC(=O)Nc3ccc(F)cc3)ccc2O1. The van der Waals surface area contributed by atoms with E-state index in [2.05, 4.69) is 41.6 Å². The largest absolute Gasteiger partial charge is 0.490 e. The van der Waals surface area contributed by atoms with E-state index in [4.69, 9.17) is 9.47 Å². The lowest BCUT2D eigenvalue weighted by Crippen LogP contribution is -2.47. The number of aliphatic hydroxyl groups is 1. The summed E-state index contributed by atoms with van der Waals surface area (Å²) < 4.78 is 26.0. The molecule has 3 amide bonds. The maximum absolute atomic E-state index is 14.3. The predicted molar refractivity (Wildman–Crippen MR) is 179 cm³/mol. The van der Waals surface area contributed by atoms with Crippen molar-refractivity contribution in [2.24, 2.45) is 5.92 Å². The van der Waals surface area contributed by atoms with Crippen molar-refractivity contribution in [3.8, 4) is 5.75 Å². The van der Waals surface area contributed by atoms with Crippen LogP contribution in [0.5, 0.6) is 5.75 Å². The van der Waals surface area contributed by atoms with Crippen molar-refractivity contribution in [2.75, 3.05) is 44.0 Å². The average Bonchev–Trinajstić information content (AvgIpc) is 3.04. The van der Waals surface area contributed by atoms with Crippen molar-refractivity contribution in [3.05, 3.63) is 89.7 Å². The van der Waals surface area contributed by atoms with Gasteiger partial charge in [0.15, 0.2) is 0 Å². The molecule has 3 aromatic rings. The van der Waals surface area contributed by atoms with E-state index in [0.29, 0.717) is 36.8 Å². The van der Waals surface area contributed by atoms with Gasteiger partial charge in [-0.05, 0) is 88.2 Å². The summed E-state index contributed by atoms with van der Waals surface area (Å²) in [5.41, 5.74) is 2.31. The summed E-state index contributed by atoms with van der Waals surface area (Å²) in [6.45, 7) is 8.05. The molecule has 0 spiro atoms. The van der Waals surface area contributed by atoms with Crippen molar-refractivity contribution >= 4 is 23.3 Å². The summed E-state index contributed by atoms with van der Waals surface area (Å²) in [6, 6.07) is 19.7. The molecule has 0 aliphatic carbocycles. The third-order valence-electron chi connectivity index (χ3n) is 8.20. The van der Waals surface area contributed by atoms with Gasteiger partial charge in [0.05, 0.1) is 30.4 Å². The third-order valence-corrected chi connectivity index (χ3v) is 8.20. The zero-order chi connectivity index (χ0) is 33.1. The van der Waals surface area contributed by atoms with Crippen molar-refractivity contribution in [1.29, 1.82) is 0 Å². The van der Waals surface area contributed by atoms with Crippen LogP contribution in [0.1, 0.15) is 56.0 Å². The van der Waals surface area contributed by atoms with E-state index >= 15 is 0 Å². The lowest BCUT2D eigenvalue weighted by molar-refractivity contribution is -0.0177. The number of amides is 3. The maximum atomic E-state index is 14.3. The average molecular weight is 635 g/mol. The number of benzene rings is 3. The second kappa shape index (κ2) is 17.1. The molecule has 46 heavy (non-hydrogen) atoms. The fraction of sp³-hybridized carbons (Fsp3) is 0.444. The molecular formula is C36H47FN4O5. The molecule has 0 unspecified atom stereocenters. The lowest BCUT2D eigenvalue weighted by atomic mass is 10.0. The first-order valence-corrected chi connectivity index (χ1v) is 16.0. The third kappa shape index (κ3) is 10.3. The van der Waals surface area contributed by atoms with Gasteiger partial charge in [-0.1, -0.05) is 37.3 Å². The van der Waals surface area contributed by atoms with Crippen LogP contribution in [0.3, 0.4) is 0 Å². The van der Waals surface area contributed by atoms with Crippen LogP contribution in [0.25, 0.3) is 0 Å². The molecule has 4 rings (SSSR count). The molecule has 0 saturated heterocycles. The normalized spacial score (nSPS) is 20.3. The molecule has 0 fully saturated rings. The topological polar surface area (TPSA) is 103 Å². The summed E-state index contributed by atoms with van der Waals surface area (Å²) in [4.78, 5) is 31.0. The fourth-order valence-electron chi connectivity index (χ4n) is 5.56. The molecule has 1 aliphatic heterocycles. The van der Waals surface area contributed by atoms with Crippen LogP contribution in [0, 0.1) is 11.7 Å². The van der Waals surface area contributed by atoms with Crippen LogP contribution in [0.2, 0.25) is 0 Å². The predicted octanol–water partition coefficient (Wildman–Crippen LogP) is 6.40. The number of anilines is 2. The second-order valence-corrected chi connectivity index (χ2v) is 12.3. The summed E-state index contributed by atoms with van der Waals surface area (Å²) in [6.07, 6.45) is 2.26. The highest BCUT2D eigenvalue weighted by atomic mass is 19.1. The molecule has 4 atom stereocenters. The molecule has 9 nitrogen and oxygen atoms in total. The molecule has 0 saturated carbocycles. The van der Waals surface area contributed by atoms with E-state index in [1.807, 2.05) is 32.0 Å². The minimum Gasteiger partial charge on any atom is -0.490 e. The summed E-state index contributed by atoms with van der Waals surface area (Å²) in [7, 11) is 2.07. The van der Waals surface area contributed by atoms with Gasteiger partial charge in [0.2, 0.25) is 0 Å². The monoisotopic (exact) mass is 634 g/mol. The highest BCUT2D eigenvalue weighted by molar-refractivity contribution is 6.02. The van der Waals surface area contributed by atoms with Gasteiger partial charge in [0.1, 0.15) is 11.6 Å². The standard InChI is InChI=1S/C36H47FN4O5/c1-25-21-41(26(2)24-42)35(43)32-20-31(39-36(44)38-30-15-13-29(37)14-16-30)17-18-33(32)46-27(3)10-8-9-19-45-34(25)23-40(4)22-28-11-6-5-7-12-28/h5-7,11-18,20,25-27,34,42H,8-10,19,21-24H2,1-4H3,(H2,38,39,44)/t25-,26-,27-,34+/m0/s1. The van der Waals surface area contributed by atoms with Gasteiger partial charge >= 0.3 is 6.03 Å². The number of carbonyl (C=O) groups excluding carboxylic acids is 2. The number of aliphatic hydroxyl groups excluding tert-OH is 1. The summed E-state index contributed by atoms with van der Waals surface area (Å²) in [5.74, 6) is -0.355. The van der Waals surface area contributed by atoms with E-state index in [1.54, 1.807) is 23.1 Å². The molecular weight excluding hydrogens is 587 g/mol. The molecule has 0 aromatic heterocycles. The maximum Gasteiger partial charge on any atom is 0.323 e. The molecule has 0 radical (unpaired) electrons. The number of hydrogen-bond acceptors (Lipinski definition) is 6. The fourth-order valence-corrected chi connectivity index (χ4v) is 5.56. The first kappa shape index (κ1) is 34.9. The number of hydrogen-bond donors (Lipinski definition) is 3. The van der Waals surface area contributed by atoms with E-state index in [1.165, 1.54) is 29.8 Å². The number of halogens is 1. The number of carbonyl (C=O) groups is 2. The Morgan fingerprint density at radius 2 is 1.74 bits per heavy atom. The Bertz CT molecular complexity index is 1410. The van der Waals surface area contributed by atoms with Crippen LogP contribution in [-0.4, -0.2) is 78.4 Å². The number of fused-ring (bicyclic) bond motifs is 1. The van der Waals surface area contributed by atoms with E-state index < -0.39 is 17.9 Å². The van der Waals surface area contributed by atoms with Crippen molar-refractivity contribution in [2.45, 2.75) is 64.8 Å². The molecule has 1 heterocycles. The van der Waals surface area contributed by atoms with Crippen LogP contribution in [0.15, 0.2) is 72.8 Å². The zero-order valence-electron chi connectivity index (χ0n) is 27.2. The number of urea groups is 1. The highest BCUT2D eigenvalue weighted by Gasteiger charge is 2.30. The Hall–Kier alpha value is -3.99. The summed E-state index contributed by atoms with van der Waals surface area (Å²) in [5, 5.41) is 15.6. The number of ether oxygens (including phenoxy) is 2. The van der Waals surface area contributed by atoms with Gasteiger partial charge in [-0.25, -0.2) is 9.18 Å². The Morgan fingerprint density at radius 3 is 2.46 bits per heavy atom. The Balaban J connectivity index is 1.58. The van der Waals surface area contributed by atoms with E-state index in [0.717, 1.165) is 25.8 Å². The van der Waals surface area contributed by atoms with E-state index in [9.17, 15) is 19.1 Å². The minimum absolute atomic E-state index is 0.0507. The van der Waals surface area contributed by atoms with Crippen molar-refractivity contribution in [3.63, 3.8) is 0 Å². The minimum atomic E-state index is -0.539. The Labute approximate surface area is 271 Å². The quantitative estimate of drug-likeness (QED) is 0.265. The molecule has 1 aliphatic rings. The zero-order valence-corrected chi connectivity index (χ0v) is 27.2.